The van der Waals surface area contributed by atoms with E-state index in [4.69, 9.17) is 2.74 Å². The van der Waals surface area contributed by atoms with E-state index in [0.29, 0.717) is 6.29 Å². The van der Waals surface area contributed by atoms with Crippen LogP contribution >= 0.6 is 0 Å². The van der Waals surface area contributed by atoms with Gasteiger partial charge < -0.3 is 0 Å². The number of carbonyl (C=O) groups excluding carboxylic acids is 1. The van der Waals surface area contributed by atoms with Crippen LogP contribution in [-0.2, 0) is 0 Å². The summed E-state index contributed by atoms with van der Waals surface area (Å²) in [6.45, 7) is 3.99. The molecular formula is C10H12O. The van der Waals surface area contributed by atoms with Gasteiger partial charge in [0.05, 0.1) is 2.74 Å². The summed E-state index contributed by atoms with van der Waals surface area (Å²) in [6.07, 6.45) is 0.564. The summed E-state index contributed by atoms with van der Waals surface area (Å²) in [7, 11) is 0. The van der Waals surface area contributed by atoms with E-state index in [1.165, 1.54) is 0 Å². The van der Waals surface area contributed by atoms with Crippen molar-refractivity contribution in [2.24, 2.45) is 0 Å². The molecule has 58 valence electrons. The highest BCUT2D eigenvalue weighted by Gasteiger charge is 1.96. The minimum absolute atomic E-state index is 0.145. The van der Waals surface area contributed by atoms with Crippen LogP contribution in [0.15, 0.2) is 24.2 Å². The van der Waals surface area contributed by atoms with Crippen molar-refractivity contribution in [3.63, 3.8) is 0 Å². The second kappa shape index (κ2) is 3.33. The lowest BCUT2D eigenvalue weighted by Crippen LogP contribution is -1.87. The lowest BCUT2D eigenvalue weighted by atomic mass is 10.0. The van der Waals surface area contributed by atoms with Crippen LogP contribution in [-0.4, -0.2) is 6.29 Å². The highest BCUT2D eigenvalue weighted by molar-refractivity contribution is 5.74. The molecule has 1 rings (SSSR count). The van der Waals surface area contributed by atoms with Gasteiger partial charge >= 0.3 is 0 Å². The molecule has 1 heteroatoms. The fraction of sp³-hybridized carbons (Fsp3) is 0.300. The second-order valence-corrected chi connectivity index (χ2v) is 2.76. The lowest BCUT2D eigenvalue weighted by molar-refractivity contribution is 0.112. The molecule has 0 unspecified atom stereocenters. The zero-order valence-corrected chi connectivity index (χ0v) is 6.72. The van der Waals surface area contributed by atoms with Crippen molar-refractivity contribution in [2.75, 3.05) is 0 Å². The van der Waals surface area contributed by atoms with Gasteiger partial charge in [0, 0.05) is 5.56 Å². The summed E-state index contributed by atoms with van der Waals surface area (Å²) >= 11 is 0. The highest BCUT2D eigenvalue weighted by atomic mass is 16.1. The summed E-state index contributed by atoms with van der Waals surface area (Å²) in [4.78, 5) is 10.5. The number of benzene rings is 1. The summed E-state index contributed by atoms with van der Waals surface area (Å²) in [5, 5.41) is 0. The van der Waals surface area contributed by atoms with Crippen LogP contribution in [0, 0.1) is 0 Å². The molecule has 0 fully saturated rings. The zero-order valence-electron chi connectivity index (χ0n) is 8.72. The van der Waals surface area contributed by atoms with Gasteiger partial charge in [-0.15, -0.1) is 0 Å². The molecule has 0 amide bonds. The number of aldehydes is 1. The molecule has 0 N–H and O–H groups in total. The molecule has 0 aliphatic rings. The molecule has 0 bridgehead atoms. The van der Waals surface area contributed by atoms with Gasteiger partial charge in [0.15, 0.2) is 0 Å². The van der Waals surface area contributed by atoms with Crippen molar-refractivity contribution in [1.82, 2.24) is 0 Å². The summed E-state index contributed by atoms with van der Waals surface area (Å²) < 4.78 is 15.0. The number of hydrogen-bond acceptors (Lipinski definition) is 1. The van der Waals surface area contributed by atoms with Gasteiger partial charge in [-0.05, 0) is 11.5 Å². The first-order chi connectivity index (χ1) is 6.06. The topological polar surface area (TPSA) is 17.1 Å². The number of rotatable bonds is 2. The smallest absolute Gasteiger partial charge is 0.150 e. The first kappa shape index (κ1) is 5.53. The summed E-state index contributed by atoms with van der Waals surface area (Å²) in [6, 6.07) is 3.58. The molecule has 0 heterocycles. The Kier molecular flexibility index (Phi) is 1.67. The average molecular weight is 150 g/mol. The van der Waals surface area contributed by atoms with E-state index in [0.717, 1.165) is 5.56 Å². The van der Waals surface area contributed by atoms with Crippen molar-refractivity contribution in [3.8, 4) is 0 Å². The lowest BCUT2D eigenvalue weighted by Gasteiger charge is -2.03. The minimum atomic E-state index is 0.145. The van der Waals surface area contributed by atoms with E-state index in [1.807, 2.05) is 13.8 Å². The van der Waals surface area contributed by atoms with Crippen molar-refractivity contribution in [2.45, 2.75) is 19.8 Å². The van der Waals surface area contributed by atoms with Crippen LogP contribution in [0.1, 0.15) is 38.4 Å². The monoisotopic (exact) mass is 150 g/mol. The Hall–Kier alpha value is -1.11. The molecule has 0 atom stereocenters. The third-order valence-corrected chi connectivity index (χ3v) is 1.57. The Morgan fingerprint density at radius 2 is 2.00 bits per heavy atom. The second-order valence-electron chi connectivity index (χ2n) is 2.76. The molecule has 1 aromatic rings. The van der Waals surface area contributed by atoms with Crippen LogP contribution in [0.4, 0.5) is 0 Å². The molecule has 0 aliphatic heterocycles. The first-order valence-electron chi connectivity index (χ1n) is 4.62. The zero-order chi connectivity index (χ0) is 10.0. The third-order valence-electron chi connectivity index (χ3n) is 1.57. The quantitative estimate of drug-likeness (QED) is 0.592. The first-order valence-corrected chi connectivity index (χ1v) is 3.62. The van der Waals surface area contributed by atoms with Crippen LogP contribution in [0.3, 0.4) is 0 Å². The maximum absolute atomic E-state index is 10.5. The van der Waals surface area contributed by atoms with Gasteiger partial charge in [-0.1, -0.05) is 38.1 Å². The highest BCUT2D eigenvalue weighted by Crippen LogP contribution is 2.13. The molecule has 1 aromatic carbocycles. The minimum Gasteiger partial charge on any atom is -0.298 e. The van der Waals surface area contributed by atoms with Gasteiger partial charge in [0.25, 0.3) is 0 Å². The van der Waals surface area contributed by atoms with Crippen LogP contribution in [0.5, 0.6) is 0 Å². The molecule has 0 radical (unpaired) electrons. The Labute approximate surface area is 69.9 Å². The average Bonchev–Trinajstić information content (AvgIpc) is 2.03. The van der Waals surface area contributed by atoms with E-state index in [2.05, 4.69) is 0 Å². The molecular weight excluding hydrogens is 136 g/mol. The van der Waals surface area contributed by atoms with E-state index in [9.17, 15) is 4.79 Å². The van der Waals surface area contributed by atoms with Gasteiger partial charge in [-0.25, -0.2) is 0 Å². The normalized spacial score (nSPS) is 12.6. The third kappa shape index (κ3) is 1.90. The van der Waals surface area contributed by atoms with E-state index in [-0.39, 0.29) is 23.6 Å². The molecule has 0 saturated carbocycles. The Balaban J connectivity index is 3.28. The molecule has 0 aromatic heterocycles. The van der Waals surface area contributed by atoms with Crippen LogP contribution < -0.4 is 0 Å². The van der Waals surface area contributed by atoms with Crippen molar-refractivity contribution in [1.29, 1.82) is 0 Å². The molecule has 0 saturated heterocycles. The fourth-order valence-corrected chi connectivity index (χ4v) is 0.807. The Bertz CT molecular complexity index is 309. The summed E-state index contributed by atoms with van der Waals surface area (Å²) in [5.41, 5.74) is 1.10. The molecule has 0 aliphatic carbocycles. The number of hydrogen-bond donors (Lipinski definition) is 0. The predicted octanol–water partition coefficient (Wildman–Crippen LogP) is 2.62. The SMILES string of the molecule is [2H]c1cc(C(C)C)cc([2H])c1C=O. The van der Waals surface area contributed by atoms with Gasteiger partial charge in [-0.2, -0.15) is 0 Å². The summed E-state index contributed by atoms with van der Waals surface area (Å²) in [5.74, 6) is 0.286. The standard InChI is InChI=1S/C10H12O/c1-8(2)10-5-3-9(7-11)4-6-10/h3-8H,1-2H3/i3D,4D. The van der Waals surface area contributed by atoms with Crippen LogP contribution in [0.25, 0.3) is 0 Å². The van der Waals surface area contributed by atoms with Crippen LogP contribution in [0.2, 0.25) is 0 Å². The van der Waals surface area contributed by atoms with Crippen molar-refractivity contribution >= 4 is 6.29 Å². The fourth-order valence-electron chi connectivity index (χ4n) is 0.807. The molecule has 0 spiro atoms. The molecule has 11 heavy (non-hydrogen) atoms. The maximum atomic E-state index is 10.5. The number of carbonyl (C=O) groups is 1. The molecule has 1 nitrogen and oxygen atoms in total. The maximum Gasteiger partial charge on any atom is 0.150 e. The van der Waals surface area contributed by atoms with Gasteiger partial charge in [0.1, 0.15) is 6.29 Å². The van der Waals surface area contributed by atoms with Crippen molar-refractivity contribution < 1.29 is 7.54 Å². The van der Waals surface area contributed by atoms with Crippen molar-refractivity contribution in [3.05, 3.63) is 35.3 Å². The largest absolute Gasteiger partial charge is 0.298 e. The van der Waals surface area contributed by atoms with Gasteiger partial charge in [0.2, 0.25) is 0 Å². The Morgan fingerprint density at radius 3 is 2.36 bits per heavy atom. The van der Waals surface area contributed by atoms with E-state index >= 15 is 0 Å². The van der Waals surface area contributed by atoms with E-state index in [1.54, 1.807) is 12.1 Å². The Morgan fingerprint density at radius 1 is 1.45 bits per heavy atom. The van der Waals surface area contributed by atoms with E-state index < -0.39 is 0 Å². The predicted molar refractivity (Wildman–Crippen MR) is 45.9 cm³/mol. The van der Waals surface area contributed by atoms with Gasteiger partial charge in [-0.3, -0.25) is 4.79 Å².